The van der Waals surface area contributed by atoms with Crippen LogP contribution in [0.5, 0.6) is 0 Å². The van der Waals surface area contributed by atoms with E-state index in [0.717, 1.165) is 44.4 Å². The van der Waals surface area contributed by atoms with Gasteiger partial charge in [0, 0.05) is 11.3 Å². The summed E-state index contributed by atoms with van der Waals surface area (Å²) in [7, 11) is 0. The Kier molecular flexibility index (Phi) is 3.81. The standard InChI is InChI=1S/C22H34O2/c1-13(2)17-12-19-16-6-5-14-11-15(23)7-9-21(14,3)18(16)8-10-22(19,4)20(17)24/h5,13,15-19,23H,6-12H2,1-4H3/t15-,16+,17+,18-,19-,21-,22-/m0/s1. The van der Waals surface area contributed by atoms with Crippen molar-refractivity contribution in [2.75, 3.05) is 0 Å². The van der Waals surface area contributed by atoms with E-state index in [4.69, 9.17) is 0 Å². The lowest BCUT2D eigenvalue weighted by atomic mass is 9.48. The van der Waals surface area contributed by atoms with Crippen LogP contribution in [0.25, 0.3) is 0 Å². The fourth-order valence-corrected chi connectivity index (χ4v) is 7.08. The minimum absolute atomic E-state index is 0.0635. The van der Waals surface area contributed by atoms with Crippen LogP contribution in [0.2, 0.25) is 0 Å². The van der Waals surface area contributed by atoms with E-state index in [1.165, 1.54) is 12.0 Å². The molecule has 0 aromatic carbocycles. The molecule has 7 atom stereocenters. The van der Waals surface area contributed by atoms with E-state index in [2.05, 4.69) is 33.8 Å². The highest BCUT2D eigenvalue weighted by Crippen LogP contribution is 2.65. The lowest BCUT2D eigenvalue weighted by molar-refractivity contribution is -0.135. The first-order valence-electron chi connectivity index (χ1n) is 10.2. The topological polar surface area (TPSA) is 37.3 Å². The van der Waals surface area contributed by atoms with Gasteiger partial charge in [0.15, 0.2) is 0 Å². The molecule has 0 amide bonds. The van der Waals surface area contributed by atoms with Gasteiger partial charge in [0.25, 0.3) is 0 Å². The summed E-state index contributed by atoms with van der Waals surface area (Å²) >= 11 is 0. The molecule has 0 bridgehead atoms. The van der Waals surface area contributed by atoms with Crippen LogP contribution in [0.1, 0.15) is 72.6 Å². The highest BCUT2D eigenvalue weighted by atomic mass is 16.3. The van der Waals surface area contributed by atoms with E-state index in [0.29, 0.717) is 23.5 Å². The zero-order chi connectivity index (χ0) is 17.3. The lowest BCUT2D eigenvalue weighted by Crippen LogP contribution is -2.50. The number of hydrogen-bond donors (Lipinski definition) is 1. The maximum Gasteiger partial charge on any atom is 0.142 e. The third-order valence-electron chi connectivity index (χ3n) is 8.68. The van der Waals surface area contributed by atoms with Gasteiger partial charge in [-0.3, -0.25) is 4.79 Å². The van der Waals surface area contributed by atoms with Crippen LogP contribution in [-0.4, -0.2) is 17.0 Å². The molecule has 24 heavy (non-hydrogen) atoms. The summed E-state index contributed by atoms with van der Waals surface area (Å²) in [5.74, 6) is 3.32. The number of aliphatic hydroxyl groups excluding tert-OH is 1. The number of fused-ring (bicyclic) bond motifs is 5. The molecule has 0 aromatic heterocycles. The predicted molar refractivity (Wildman–Crippen MR) is 96.4 cm³/mol. The quantitative estimate of drug-likeness (QED) is 0.704. The number of ketones is 1. The number of hydrogen-bond acceptors (Lipinski definition) is 2. The molecule has 3 saturated carbocycles. The van der Waals surface area contributed by atoms with Gasteiger partial charge in [0.1, 0.15) is 5.78 Å². The summed E-state index contributed by atoms with van der Waals surface area (Å²) in [6.45, 7) is 9.19. The van der Waals surface area contributed by atoms with Crippen molar-refractivity contribution in [2.45, 2.75) is 78.7 Å². The largest absolute Gasteiger partial charge is 0.393 e. The fourth-order valence-electron chi connectivity index (χ4n) is 7.08. The molecule has 0 aromatic rings. The average Bonchev–Trinajstić information content (AvgIpc) is 2.80. The van der Waals surface area contributed by atoms with E-state index in [1.807, 2.05) is 0 Å². The van der Waals surface area contributed by atoms with Crippen molar-refractivity contribution < 1.29 is 9.90 Å². The van der Waals surface area contributed by atoms with Crippen LogP contribution in [0.3, 0.4) is 0 Å². The van der Waals surface area contributed by atoms with Crippen LogP contribution in [0.15, 0.2) is 11.6 Å². The lowest BCUT2D eigenvalue weighted by Gasteiger charge is -2.56. The van der Waals surface area contributed by atoms with Crippen molar-refractivity contribution in [2.24, 2.45) is 40.4 Å². The molecule has 0 aliphatic heterocycles. The first kappa shape index (κ1) is 16.8. The van der Waals surface area contributed by atoms with Crippen molar-refractivity contribution in [1.29, 1.82) is 0 Å². The van der Waals surface area contributed by atoms with E-state index < -0.39 is 0 Å². The first-order valence-corrected chi connectivity index (χ1v) is 10.2. The Labute approximate surface area is 147 Å². The maximum absolute atomic E-state index is 13.1. The minimum atomic E-state index is -0.131. The van der Waals surface area contributed by atoms with Crippen molar-refractivity contribution in [3.8, 4) is 0 Å². The van der Waals surface area contributed by atoms with E-state index in [1.54, 1.807) is 0 Å². The number of carbonyl (C=O) groups excluding carboxylic acids is 1. The van der Waals surface area contributed by atoms with Gasteiger partial charge in [-0.1, -0.05) is 39.3 Å². The molecule has 1 N–H and O–H groups in total. The smallest absolute Gasteiger partial charge is 0.142 e. The molecule has 0 saturated heterocycles. The van der Waals surface area contributed by atoms with Crippen molar-refractivity contribution in [3.05, 3.63) is 11.6 Å². The van der Waals surface area contributed by atoms with Gasteiger partial charge in [0.05, 0.1) is 6.10 Å². The van der Waals surface area contributed by atoms with Gasteiger partial charge in [-0.2, -0.15) is 0 Å². The molecule has 4 rings (SSSR count). The molecule has 2 heteroatoms. The van der Waals surface area contributed by atoms with Gasteiger partial charge < -0.3 is 5.11 Å². The van der Waals surface area contributed by atoms with Crippen LogP contribution in [0, 0.1) is 40.4 Å². The summed E-state index contributed by atoms with van der Waals surface area (Å²) in [6, 6.07) is 0. The second kappa shape index (κ2) is 5.43. The molecule has 2 nitrogen and oxygen atoms in total. The fraction of sp³-hybridized carbons (Fsp3) is 0.864. The van der Waals surface area contributed by atoms with Crippen LogP contribution < -0.4 is 0 Å². The van der Waals surface area contributed by atoms with Crippen molar-refractivity contribution in [1.82, 2.24) is 0 Å². The maximum atomic E-state index is 13.1. The van der Waals surface area contributed by atoms with Gasteiger partial charge in [-0.25, -0.2) is 0 Å². The van der Waals surface area contributed by atoms with Crippen LogP contribution in [-0.2, 0) is 4.79 Å². The van der Waals surface area contributed by atoms with Gasteiger partial charge in [0.2, 0.25) is 0 Å². The zero-order valence-corrected chi connectivity index (χ0v) is 15.8. The summed E-state index contributed by atoms with van der Waals surface area (Å²) < 4.78 is 0. The predicted octanol–water partition coefficient (Wildman–Crippen LogP) is 4.76. The minimum Gasteiger partial charge on any atom is -0.393 e. The monoisotopic (exact) mass is 330 g/mol. The number of aliphatic hydroxyl groups is 1. The molecule has 4 aliphatic rings. The number of allylic oxidation sites excluding steroid dienone is 1. The van der Waals surface area contributed by atoms with Crippen molar-refractivity contribution in [3.63, 3.8) is 0 Å². The molecule has 0 unspecified atom stereocenters. The Hall–Kier alpha value is -0.630. The number of Topliss-reactive ketones (excluding diaryl/α,β-unsaturated/α-hetero) is 1. The SMILES string of the molecule is CC(C)[C@H]1C[C@H]2[C@@H]3CC=C4C[C@@H](O)CC[C@]4(C)[C@H]3CC[C@]2(C)C1=O. The van der Waals surface area contributed by atoms with Crippen LogP contribution in [0.4, 0.5) is 0 Å². The summed E-state index contributed by atoms with van der Waals surface area (Å²) in [5.41, 5.74) is 1.74. The third-order valence-corrected chi connectivity index (χ3v) is 8.68. The number of carbonyl (C=O) groups is 1. The summed E-state index contributed by atoms with van der Waals surface area (Å²) in [4.78, 5) is 13.1. The first-order chi connectivity index (χ1) is 11.3. The second-order valence-corrected chi connectivity index (χ2v) is 10.1. The van der Waals surface area contributed by atoms with E-state index in [9.17, 15) is 9.90 Å². The summed E-state index contributed by atoms with van der Waals surface area (Å²) in [6.07, 6.45) is 9.85. The Balaban J connectivity index is 1.68. The number of rotatable bonds is 1. The molecule has 0 heterocycles. The van der Waals surface area contributed by atoms with Crippen molar-refractivity contribution >= 4 is 5.78 Å². The molecule has 0 radical (unpaired) electrons. The summed E-state index contributed by atoms with van der Waals surface area (Å²) in [5, 5.41) is 10.1. The Morgan fingerprint density at radius 3 is 2.54 bits per heavy atom. The highest BCUT2D eigenvalue weighted by Gasteiger charge is 2.61. The molecular weight excluding hydrogens is 296 g/mol. The Morgan fingerprint density at radius 1 is 1.12 bits per heavy atom. The van der Waals surface area contributed by atoms with Crippen LogP contribution >= 0.6 is 0 Å². The molecular formula is C22H34O2. The molecule has 134 valence electrons. The molecule has 3 fully saturated rings. The van der Waals surface area contributed by atoms with Gasteiger partial charge >= 0.3 is 0 Å². The zero-order valence-electron chi connectivity index (χ0n) is 15.8. The van der Waals surface area contributed by atoms with E-state index in [-0.39, 0.29) is 22.9 Å². The van der Waals surface area contributed by atoms with E-state index >= 15 is 0 Å². The van der Waals surface area contributed by atoms with Gasteiger partial charge in [-0.05, 0) is 74.0 Å². The highest BCUT2D eigenvalue weighted by molar-refractivity contribution is 5.89. The second-order valence-electron chi connectivity index (χ2n) is 10.1. The molecule has 0 spiro atoms. The Bertz CT molecular complexity index is 577. The normalized spacial score (nSPS) is 51.0. The Morgan fingerprint density at radius 2 is 1.83 bits per heavy atom. The van der Waals surface area contributed by atoms with Gasteiger partial charge in [-0.15, -0.1) is 0 Å². The molecule has 4 aliphatic carbocycles. The average molecular weight is 331 g/mol. The third kappa shape index (κ3) is 2.14.